The lowest BCUT2D eigenvalue weighted by molar-refractivity contribution is 0.454. The Morgan fingerprint density at radius 1 is 1.30 bits per heavy atom. The molecule has 20 heavy (non-hydrogen) atoms. The first kappa shape index (κ1) is 14.8. The average molecular weight is 295 g/mol. The summed E-state index contributed by atoms with van der Waals surface area (Å²) in [5.74, 6) is 0.736. The highest BCUT2D eigenvalue weighted by molar-refractivity contribution is 6.31. The van der Waals surface area contributed by atoms with Crippen LogP contribution in [0.2, 0.25) is 5.02 Å². The molecule has 0 aliphatic heterocycles. The number of hydrogen-bond donors (Lipinski definition) is 1. The molecule has 0 bridgehead atoms. The summed E-state index contributed by atoms with van der Waals surface area (Å²) in [4.78, 5) is 4.36. The lowest BCUT2D eigenvalue weighted by atomic mass is 10.2. The van der Waals surface area contributed by atoms with E-state index in [9.17, 15) is 4.39 Å². The first-order valence-corrected chi connectivity index (χ1v) is 6.78. The van der Waals surface area contributed by atoms with Crippen LogP contribution < -0.4 is 10.1 Å². The van der Waals surface area contributed by atoms with Gasteiger partial charge in [0.25, 0.3) is 0 Å². The number of nitrogens with one attached hydrogen (secondary N) is 1. The van der Waals surface area contributed by atoms with Gasteiger partial charge in [0.15, 0.2) is 0 Å². The molecule has 0 atom stereocenters. The summed E-state index contributed by atoms with van der Waals surface area (Å²) >= 11 is 6.08. The molecular weight excluding hydrogens is 279 g/mol. The van der Waals surface area contributed by atoms with Crippen molar-refractivity contribution in [1.82, 2.24) is 10.3 Å². The van der Waals surface area contributed by atoms with Crippen molar-refractivity contribution in [3.05, 3.63) is 52.4 Å². The molecule has 0 saturated carbocycles. The maximum atomic E-state index is 13.0. The maximum absolute atomic E-state index is 13.0. The van der Waals surface area contributed by atoms with Crippen molar-refractivity contribution < 1.29 is 9.13 Å². The zero-order chi connectivity index (χ0) is 14.5. The number of nitrogens with zero attached hydrogens (tertiary/aromatic N) is 1. The second-order valence-corrected chi connectivity index (χ2v) is 4.78. The molecule has 0 radical (unpaired) electrons. The highest BCUT2D eigenvalue weighted by Gasteiger charge is 2.07. The molecule has 0 amide bonds. The highest BCUT2D eigenvalue weighted by Crippen LogP contribution is 2.26. The largest absolute Gasteiger partial charge is 0.439 e. The van der Waals surface area contributed by atoms with E-state index in [0.29, 0.717) is 23.2 Å². The van der Waals surface area contributed by atoms with E-state index in [1.807, 2.05) is 6.92 Å². The first-order valence-electron chi connectivity index (χ1n) is 6.40. The lowest BCUT2D eigenvalue weighted by Gasteiger charge is -2.10. The molecule has 2 rings (SSSR count). The van der Waals surface area contributed by atoms with Crippen LogP contribution in [0, 0.1) is 12.7 Å². The number of ether oxygens (including phenoxy) is 1. The van der Waals surface area contributed by atoms with Crippen LogP contribution in [0.25, 0.3) is 0 Å². The van der Waals surface area contributed by atoms with Gasteiger partial charge in [0.1, 0.15) is 11.6 Å². The summed E-state index contributed by atoms with van der Waals surface area (Å²) in [5.41, 5.74) is 1.45. The van der Waals surface area contributed by atoms with Crippen LogP contribution >= 0.6 is 11.6 Å². The third-order valence-electron chi connectivity index (χ3n) is 2.79. The van der Waals surface area contributed by atoms with E-state index in [1.165, 1.54) is 12.1 Å². The lowest BCUT2D eigenvalue weighted by Crippen LogP contribution is -2.13. The minimum absolute atomic E-state index is 0.285. The summed E-state index contributed by atoms with van der Waals surface area (Å²) in [5, 5.41) is 3.76. The smallest absolute Gasteiger partial charge is 0.219 e. The number of aromatic nitrogens is 1. The van der Waals surface area contributed by atoms with Gasteiger partial charge in [-0.2, -0.15) is 0 Å². The van der Waals surface area contributed by atoms with Crippen LogP contribution in [0.15, 0.2) is 30.3 Å². The summed E-state index contributed by atoms with van der Waals surface area (Å²) in [7, 11) is 0. The van der Waals surface area contributed by atoms with E-state index in [4.69, 9.17) is 16.3 Å². The third-order valence-corrected chi connectivity index (χ3v) is 3.13. The second-order valence-electron chi connectivity index (χ2n) is 4.37. The predicted molar refractivity (Wildman–Crippen MR) is 77.8 cm³/mol. The Kier molecular flexibility index (Phi) is 4.93. The Hall–Kier alpha value is -1.65. The number of halogens is 2. The zero-order valence-electron chi connectivity index (χ0n) is 11.4. The van der Waals surface area contributed by atoms with Gasteiger partial charge in [0.2, 0.25) is 5.88 Å². The number of benzene rings is 1. The van der Waals surface area contributed by atoms with Crippen molar-refractivity contribution >= 4 is 11.6 Å². The minimum atomic E-state index is -0.285. The molecule has 1 heterocycles. The second kappa shape index (κ2) is 6.68. The molecule has 1 N–H and O–H groups in total. The Morgan fingerprint density at radius 3 is 2.80 bits per heavy atom. The van der Waals surface area contributed by atoms with E-state index in [0.717, 1.165) is 17.8 Å². The van der Waals surface area contributed by atoms with Gasteiger partial charge >= 0.3 is 0 Å². The summed E-state index contributed by atoms with van der Waals surface area (Å²) in [6.45, 7) is 5.21. The third kappa shape index (κ3) is 3.68. The van der Waals surface area contributed by atoms with Crippen LogP contribution in [0.4, 0.5) is 4.39 Å². The normalized spacial score (nSPS) is 10.6. The number of rotatable bonds is 5. The van der Waals surface area contributed by atoms with Gasteiger partial charge in [-0.1, -0.05) is 18.5 Å². The maximum Gasteiger partial charge on any atom is 0.219 e. The van der Waals surface area contributed by atoms with Crippen LogP contribution in [0.3, 0.4) is 0 Å². The molecule has 106 valence electrons. The highest BCUT2D eigenvalue weighted by atomic mass is 35.5. The standard InChI is InChI=1S/C15H16ClFN2O/c1-3-18-9-13-12(16)5-7-15(19-13)20-14-6-4-11(17)8-10(14)2/h4-8,18H,3,9H2,1-2H3. The number of pyridine rings is 1. The Morgan fingerprint density at radius 2 is 2.10 bits per heavy atom. The van der Waals surface area contributed by atoms with E-state index in [2.05, 4.69) is 10.3 Å². The molecule has 3 nitrogen and oxygen atoms in total. The summed E-state index contributed by atoms with van der Waals surface area (Å²) < 4.78 is 18.7. The van der Waals surface area contributed by atoms with E-state index in [-0.39, 0.29) is 5.82 Å². The fourth-order valence-corrected chi connectivity index (χ4v) is 1.90. The van der Waals surface area contributed by atoms with Gasteiger partial charge in [0.05, 0.1) is 10.7 Å². The fourth-order valence-electron chi connectivity index (χ4n) is 1.73. The Balaban J connectivity index is 2.20. The van der Waals surface area contributed by atoms with Crippen molar-refractivity contribution in [3.63, 3.8) is 0 Å². The van der Waals surface area contributed by atoms with Crippen molar-refractivity contribution in [2.75, 3.05) is 6.54 Å². The van der Waals surface area contributed by atoms with E-state index < -0.39 is 0 Å². The van der Waals surface area contributed by atoms with Crippen molar-refractivity contribution in [2.45, 2.75) is 20.4 Å². The van der Waals surface area contributed by atoms with Gasteiger partial charge in [-0.25, -0.2) is 9.37 Å². The Labute approximate surface area is 122 Å². The topological polar surface area (TPSA) is 34.2 Å². The van der Waals surface area contributed by atoms with Gasteiger partial charge in [-0.3, -0.25) is 0 Å². The molecule has 0 aliphatic rings. The van der Waals surface area contributed by atoms with Gasteiger partial charge in [-0.05, 0) is 43.3 Å². The molecule has 0 spiro atoms. The zero-order valence-corrected chi connectivity index (χ0v) is 12.2. The molecular formula is C15H16ClFN2O. The minimum Gasteiger partial charge on any atom is -0.439 e. The van der Waals surface area contributed by atoms with Gasteiger partial charge < -0.3 is 10.1 Å². The molecule has 0 saturated heterocycles. The molecule has 0 aliphatic carbocycles. The van der Waals surface area contributed by atoms with Crippen molar-refractivity contribution in [3.8, 4) is 11.6 Å². The van der Waals surface area contributed by atoms with Crippen molar-refractivity contribution in [2.24, 2.45) is 0 Å². The molecule has 5 heteroatoms. The summed E-state index contributed by atoms with van der Waals surface area (Å²) in [6.07, 6.45) is 0. The molecule has 1 aromatic heterocycles. The van der Waals surface area contributed by atoms with Crippen molar-refractivity contribution in [1.29, 1.82) is 0 Å². The van der Waals surface area contributed by atoms with Gasteiger partial charge in [-0.15, -0.1) is 0 Å². The average Bonchev–Trinajstić information content (AvgIpc) is 2.42. The number of aryl methyl sites for hydroxylation is 1. The summed E-state index contributed by atoms with van der Waals surface area (Å²) in [6, 6.07) is 7.81. The SMILES string of the molecule is CCNCc1nc(Oc2ccc(F)cc2C)ccc1Cl. The van der Waals surface area contributed by atoms with Crippen LogP contribution in [-0.2, 0) is 6.54 Å². The Bertz CT molecular complexity index is 604. The van der Waals surface area contributed by atoms with E-state index >= 15 is 0 Å². The van der Waals surface area contributed by atoms with Gasteiger partial charge in [0, 0.05) is 12.6 Å². The first-order chi connectivity index (χ1) is 9.60. The number of hydrogen-bond acceptors (Lipinski definition) is 3. The predicted octanol–water partition coefficient (Wildman–Crippen LogP) is 4.08. The van der Waals surface area contributed by atoms with Crippen LogP contribution in [-0.4, -0.2) is 11.5 Å². The monoisotopic (exact) mass is 294 g/mol. The quantitative estimate of drug-likeness (QED) is 0.902. The molecule has 2 aromatic rings. The van der Waals surface area contributed by atoms with Crippen LogP contribution in [0.1, 0.15) is 18.2 Å². The molecule has 0 fully saturated rings. The van der Waals surface area contributed by atoms with E-state index in [1.54, 1.807) is 25.1 Å². The fraction of sp³-hybridized carbons (Fsp3) is 0.267. The molecule has 0 unspecified atom stereocenters. The van der Waals surface area contributed by atoms with Crippen LogP contribution in [0.5, 0.6) is 11.6 Å². The molecule has 1 aromatic carbocycles.